The highest BCUT2D eigenvalue weighted by atomic mass is 32.2. The molecular formula is C7H11NO3S. The summed E-state index contributed by atoms with van der Waals surface area (Å²) in [5.41, 5.74) is 0. The maximum Gasteiger partial charge on any atom is 0.237 e. The SMILES string of the molecule is CCC(=O)SCC(=O)NC(C)=O. The van der Waals surface area contributed by atoms with Crippen LogP contribution in [0.4, 0.5) is 0 Å². The van der Waals surface area contributed by atoms with Crippen molar-refractivity contribution < 1.29 is 14.4 Å². The molecule has 0 aliphatic rings. The summed E-state index contributed by atoms with van der Waals surface area (Å²) in [6, 6.07) is 0. The largest absolute Gasteiger partial charge is 0.296 e. The Balaban J connectivity index is 3.57. The minimum Gasteiger partial charge on any atom is -0.296 e. The third kappa shape index (κ3) is 5.91. The van der Waals surface area contributed by atoms with Gasteiger partial charge in [0, 0.05) is 13.3 Å². The molecule has 1 N–H and O–H groups in total. The molecule has 0 aromatic heterocycles. The zero-order valence-electron chi connectivity index (χ0n) is 7.05. The Morgan fingerprint density at radius 2 is 1.92 bits per heavy atom. The topological polar surface area (TPSA) is 63.2 Å². The number of rotatable bonds is 3. The van der Waals surface area contributed by atoms with Gasteiger partial charge < -0.3 is 0 Å². The van der Waals surface area contributed by atoms with Crippen molar-refractivity contribution in [2.24, 2.45) is 0 Å². The first-order valence-electron chi connectivity index (χ1n) is 3.52. The lowest BCUT2D eigenvalue weighted by Crippen LogP contribution is -2.29. The second-order valence-corrected chi connectivity index (χ2v) is 3.15. The third-order valence-electron chi connectivity index (χ3n) is 0.968. The van der Waals surface area contributed by atoms with Crippen LogP contribution < -0.4 is 5.32 Å². The van der Waals surface area contributed by atoms with Gasteiger partial charge in [0.15, 0.2) is 5.12 Å². The van der Waals surface area contributed by atoms with Crippen LogP contribution in [0.3, 0.4) is 0 Å². The summed E-state index contributed by atoms with van der Waals surface area (Å²) >= 11 is 0.923. The fourth-order valence-corrected chi connectivity index (χ4v) is 1.05. The lowest BCUT2D eigenvalue weighted by Gasteiger charge is -1.98. The molecule has 0 unspecified atom stereocenters. The van der Waals surface area contributed by atoms with E-state index in [2.05, 4.69) is 5.32 Å². The molecule has 0 aliphatic carbocycles. The highest BCUT2D eigenvalue weighted by Gasteiger charge is 2.06. The number of imide groups is 1. The van der Waals surface area contributed by atoms with Crippen molar-refractivity contribution in [2.75, 3.05) is 5.75 Å². The molecule has 0 aromatic carbocycles. The molecular weight excluding hydrogens is 178 g/mol. The van der Waals surface area contributed by atoms with Gasteiger partial charge in [-0.1, -0.05) is 18.7 Å². The van der Waals surface area contributed by atoms with Crippen molar-refractivity contribution in [3.05, 3.63) is 0 Å². The van der Waals surface area contributed by atoms with E-state index in [1.54, 1.807) is 6.92 Å². The number of nitrogens with one attached hydrogen (secondary N) is 1. The standard InChI is InChI=1S/C7H11NO3S/c1-3-7(11)12-4-6(10)8-5(2)9/h3-4H2,1-2H3,(H,8,9,10). The zero-order chi connectivity index (χ0) is 9.56. The molecule has 0 fully saturated rings. The van der Waals surface area contributed by atoms with Crippen molar-refractivity contribution in [2.45, 2.75) is 20.3 Å². The van der Waals surface area contributed by atoms with E-state index in [0.717, 1.165) is 11.8 Å². The summed E-state index contributed by atoms with van der Waals surface area (Å²) in [6.45, 7) is 2.97. The van der Waals surface area contributed by atoms with E-state index in [0.29, 0.717) is 6.42 Å². The van der Waals surface area contributed by atoms with Crippen molar-refractivity contribution >= 4 is 28.7 Å². The van der Waals surface area contributed by atoms with Gasteiger partial charge in [-0.3, -0.25) is 19.7 Å². The normalized spacial score (nSPS) is 9.17. The van der Waals surface area contributed by atoms with Gasteiger partial charge in [0.25, 0.3) is 0 Å². The Kier molecular flexibility index (Phi) is 5.36. The lowest BCUT2D eigenvalue weighted by molar-refractivity contribution is -0.127. The molecule has 2 amide bonds. The molecule has 0 rings (SSSR count). The van der Waals surface area contributed by atoms with Crippen molar-refractivity contribution in [3.8, 4) is 0 Å². The molecule has 0 bridgehead atoms. The fourth-order valence-electron chi connectivity index (χ4n) is 0.481. The van der Waals surface area contributed by atoms with Crippen molar-refractivity contribution in [1.82, 2.24) is 5.32 Å². The van der Waals surface area contributed by atoms with Gasteiger partial charge in [-0.15, -0.1) is 0 Å². The second kappa shape index (κ2) is 5.77. The quantitative estimate of drug-likeness (QED) is 0.694. The van der Waals surface area contributed by atoms with Crippen LogP contribution in [0.5, 0.6) is 0 Å². The van der Waals surface area contributed by atoms with Gasteiger partial charge in [-0.05, 0) is 0 Å². The molecule has 68 valence electrons. The van der Waals surface area contributed by atoms with Gasteiger partial charge in [-0.2, -0.15) is 0 Å². The molecule has 0 radical (unpaired) electrons. The van der Waals surface area contributed by atoms with E-state index >= 15 is 0 Å². The van der Waals surface area contributed by atoms with Gasteiger partial charge >= 0.3 is 0 Å². The number of hydrogen-bond donors (Lipinski definition) is 1. The highest BCUT2D eigenvalue weighted by Crippen LogP contribution is 2.03. The Morgan fingerprint density at radius 1 is 1.33 bits per heavy atom. The summed E-state index contributed by atoms with van der Waals surface area (Å²) in [7, 11) is 0. The first kappa shape index (κ1) is 11.2. The molecule has 0 aliphatic heterocycles. The van der Waals surface area contributed by atoms with Crippen LogP contribution in [-0.2, 0) is 14.4 Å². The molecule has 5 heteroatoms. The van der Waals surface area contributed by atoms with E-state index in [-0.39, 0.29) is 10.9 Å². The van der Waals surface area contributed by atoms with Crippen LogP contribution in [0.2, 0.25) is 0 Å². The van der Waals surface area contributed by atoms with Crippen LogP contribution in [0, 0.1) is 0 Å². The Hall–Kier alpha value is -0.840. The maximum atomic E-state index is 10.8. The van der Waals surface area contributed by atoms with Crippen LogP contribution in [-0.4, -0.2) is 22.7 Å². The predicted octanol–water partition coefficient (Wildman–Crippen LogP) is 0.319. The number of hydrogen-bond acceptors (Lipinski definition) is 4. The number of amides is 2. The summed E-state index contributed by atoms with van der Waals surface area (Å²) in [6.07, 6.45) is 0.401. The summed E-state index contributed by atoms with van der Waals surface area (Å²) < 4.78 is 0. The monoisotopic (exact) mass is 189 g/mol. The van der Waals surface area contributed by atoms with Gasteiger partial charge in [0.1, 0.15) is 0 Å². The maximum absolute atomic E-state index is 10.8. The molecule has 4 nitrogen and oxygen atoms in total. The van der Waals surface area contributed by atoms with Crippen LogP contribution >= 0.6 is 11.8 Å². The fraction of sp³-hybridized carbons (Fsp3) is 0.571. The first-order valence-corrected chi connectivity index (χ1v) is 4.50. The molecule has 0 saturated carbocycles. The van der Waals surface area contributed by atoms with E-state index in [9.17, 15) is 14.4 Å². The van der Waals surface area contributed by atoms with Crippen LogP contribution in [0.1, 0.15) is 20.3 Å². The molecule has 0 saturated heterocycles. The minimum atomic E-state index is -0.422. The number of carbonyl (C=O) groups excluding carboxylic acids is 3. The van der Waals surface area contributed by atoms with Crippen molar-refractivity contribution in [3.63, 3.8) is 0 Å². The summed E-state index contributed by atoms with van der Waals surface area (Å²) in [5.74, 6) is -0.800. The lowest BCUT2D eigenvalue weighted by atomic mass is 10.6. The first-order chi connectivity index (χ1) is 5.56. The van der Waals surface area contributed by atoms with E-state index < -0.39 is 11.8 Å². The third-order valence-corrected chi connectivity index (χ3v) is 1.99. The Morgan fingerprint density at radius 3 is 2.33 bits per heavy atom. The van der Waals surface area contributed by atoms with E-state index in [1.165, 1.54) is 6.92 Å². The molecule has 0 heterocycles. The number of carbonyl (C=O) groups is 3. The minimum absolute atomic E-state index is 0.0201. The smallest absolute Gasteiger partial charge is 0.237 e. The zero-order valence-corrected chi connectivity index (χ0v) is 7.86. The predicted molar refractivity (Wildman–Crippen MR) is 46.6 cm³/mol. The molecule has 0 atom stereocenters. The van der Waals surface area contributed by atoms with E-state index in [4.69, 9.17) is 0 Å². The van der Waals surface area contributed by atoms with Crippen LogP contribution in [0.25, 0.3) is 0 Å². The van der Waals surface area contributed by atoms with E-state index in [1.807, 2.05) is 0 Å². The van der Waals surface area contributed by atoms with Gasteiger partial charge in [-0.25, -0.2) is 0 Å². The summed E-state index contributed by atoms with van der Waals surface area (Å²) in [4.78, 5) is 31.8. The Bertz CT molecular complexity index is 203. The summed E-state index contributed by atoms with van der Waals surface area (Å²) in [5, 5.41) is 2.02. The van der Waals surface area contributed by atoms with Crippen molar-refractivity contribution in [1.29, 1.82) is 0 Å². The van der Waals surface area contributed by atoms with Gasteiger partial charge in [0.05, 0.1) is 5.75 Å². The highest BCUT2D eigenvalue weighted by molar-refractivity contribution is 8.14. The molecule has 0 aromatic rings. The molecule has 12 heavy (non-hydrogen) atoms. The second-order valence-electron chi connectivity index (χ2n) is 2.12. The Labute approximate surface area is 75.1 Å². The average Bonchev–Trinajstić information content (AvgIpc) is 1.99. The van der Waals surface area contributed by atoms with Gasteiger partial charge in [0.2, 0.25) is 11.8 Å². The average molecular weight is 189 g/mol. The number of thioether (sulfide) groups is 1. The molecule has 0 spiro atoms. The van der Waals surface area contributed by atoms with Crippen LogP contribution in [0.15, 0.2) is 0 Å².